The molecule has 1 N–H and O–H groups in total. The zero-order valence-corrected chi connectivity index (χ0v) is 16.5. The Balaban J connectivity index is 1.49. The van der Waals surface area contributed by atoms with Crippen LogP contribution in [0.5, 0.6) is 5.75 Å². The summed E-state index contributed by atoms with van der Waals surface area (Å²) in [5.74, 6) is 3.07. The van der Waals surface area contributed by atoms with Crippen LogP contribution in [0.25, 0.3) is 11.0 Å². The van der Waals surface area contributed by atoms with Gasteiger partial charge >= 0.3 is 0 Å². The number of para-hydroxylation sites is 1. The molecule has 0 spiro atoms. The molecule has 7 heteroatoms. The zero-order chi connectivity index (χ0) is 18.7. The van der Waals surface area contributed by atoms with E-state index in [0.29, 0.717) is 23.6 Å². The number of rotatable bonds is 5. The summed E-state index contributed by atoms with van der Waals surface area (Å²) in [6.45, 7) is 4.05. The van der Waals surface area contributed by atoms with Crippen molar-refractivity contribution in [1.82, 2.24) is 10.2 Å². The molecule has 2 saturated heterocycles. The minimum absolute atomic E-state index is 0.0222. The van der Waals surface area contributed by atoms with E-state index in [9.17, 15) is 4.79 Å². The van der Waals surface area contributed by atoms with Crippen molar-refractivity contribution in [2.75, 3.05) is 51.5 Å². The lowest BCUT2D eigenvalue weighted by molar-refractivity contribution is -0.0255. The molecule has 1 aromatic carbocycles. The smallest absolute Gasteiger partial charge is 0.287 e. The number of nitrogens with one attached hydrogen (secondary N) is 1. The van der Waals surface area contributed by atoms with Crippen molar-refractivity contribution in [1.29, 1.82) is 0 Å². The number of carbonyl (C=O) groups excluding carboxylic acids is 1. The van der Waals surface area contributed by atoms with Gasteiger partial charge in [-0.2, -0.15) is 11.8 Å². The molecule has 3 heterocycles. The van der Waals surface area contributed by atoms with E-state index in [1.807, 2.05) is 30.0 Å². The van der Waals surface area contributed by atoms with Gasteiger partial charge in [-0.3, -0.25) is 9.69 Å². The number of ether oxygens (including phenoxy) is 2. The second-order valence-electron chi connectivity index (χ2n) is 7.11. The van der Waals surface area contributed by atoms with Crippen LogP contribution >= 0.6 is 11.8 Å². The van der Waals surface area contributed by atoms with Crippen molar-refractivity contribution < 1.29 is 18.7 Å². The molecule has 146 valence electrons. The number of amides is 1. The maximum atomic E-state index is 12.8. The molecule has 1 aromatic heterocycles. The minimum Gasteiger partial charge on any atom is -0.493 e. The van der Waals surface area contributed by atoms with Crippen LogP contribution < -0.4 is 10.1 Å². The van der Waals surface area contributed by atoms with Gasteiger partial charge in [0.15, 0.2) is 17.1 Å². The number of hydrogen-bond donors (Lipinski definition) is 1. The Kier molecular flexibility index (Phi) is 5.61. The van der Waals surface area contributed by atoms with Gasteiger partial charge in [-0.05, 0) is 36.5 Å². The number of fused-ring (bicyclic) bond motifs is 1. The summed E-state index contributed by atoms with van der Waals surface area (Å²) in [6.07, 6.45) is 2.18. The summed E-state index contributed by atoms with van der Waals surface area (Å²) in [7, 11) is 1.60. The fourth-order valence-electron chi connectivity index (χ4n) is 4.03. The minimum atomic E-state index is -0.167. The lowest BCUT2D eigenvalue weighted by Gasteiger charge is -2.47. The number of carbonyl (C=O) groups is 1. The second kappa shape index (κ2) is 8.12. The van der Waals surface area contributed by atoms with Gasteiger partial charge in [0, 0.05) is 30.6 Å². The van der Waals surface area contributed by atoms with Gasteiger partial charge in [0.1, 0.15) is 0 Å². The fraction of sp³-hybridized carbons (Fsp3) is 0.550. The van der Waals surface area contributed by atoms with Gasteiger partial charge < -0.3 is 19.2 Å². The van der Waals surface area contributed by atoms with Crippen LogP contribution in [0.1, 0.15) is 23.4 Å². The van der Waals surface area contributed by atoms with Gasteiger partial charge in [-0.1, -0.05) is 12.1 Å². The summed E-state index contributed by atoms with van der Waals surface area (Å²) in [6, 6.07) is 7.43. The first-order valence-electron chi connectivity index (χ1n) is 9.47. The normalized spacial score (nSPS) is 20.5. The summed E-state index contributed by atoms with van der Waals surface area (Å²) in [5.41, 5.74) is 0.635. The summed E-state index contributed by atoms with van der Waals surface area (Å²) in [4.78, 5) is 15.3. The van der Waals surface area contributed by atoms with Crippen LogP contribution in [0.3, 0.4) is 0 Å². The molecule has 2 aliphatic heterocycles. The van der Waals surface area contributed by atoms with E-state index in [2.05, 4.69) is 10.2 Å². The molecule has 0 unspecified atom stereocenters. The van der Waals surface area contributed by atoms with Crippen molar-refractivity contribution in [2.24, 2.45) is 0 Å². The number of methoxy groups -OCH3 is 1. The Bertz CT molecular complexity index is 794. The molecule has 0 bridgehead atoms. The lowest BCUT2D eigenvalue weighted by Crippen LogP contribution is -2.60. The van der Waals surface area contributed by atoms with Gasteiger partial charge in [-0.25, -0.2) is 0 Å². The van der Waals surface area contributed by atoms with Crippen LogP contribution in [0.2, 0.25) is 0 Å². The maximum Gasteiger partial charge on any atom is 0.287 e. The number of furan rings is 1. The molecule has 0 saturated carbocycles. The third-order valence-corrected chi connectivity index (χ3v) is 6.62. The molecule has 4 rings (SSSR count). The molecule has 6 nitrogen and oxygen atoms in total. The van der Waals surface area contributed by atoms with Crippen LogP contribution in [0, 0.1) is 0 Å². The average molecular weight is 391 g/mol. The SMILES string of the molecule is COc1cccc2cc(C(=O)NCC3(N4CCOCC4)CCSCC3)oc12. The molecule has 2 aromatic rings. The van der Waals surface area contributed by atoms with Crippen LogP contribution in [-0.2, 0) is 4.74 Å². The highest BCUT2D eigenvalue weighted by atomic mass is 32.2. The van der Waals surface area contributed by atoms with E-state index >= 15 is 0 Å². The predicted octanol–water partition coefficient (Wildman–Crippen LogP) is 2.77. The highest BCUT2D eigenvalue weighted by molar-refractivity contribution is 7.99. The van der Waals surface area contributed by atoms with Crippen molar-refractivity contribution in [2.45, 2.75) is 18.4 Å². The third-order valence-electron chi connectivity index (χ3n) is 5.64. The zero-order valence-electron chi connectivity index (χ0n) is 15.7. The lowest BCUT2D eigenvalue weighted by atomic mass is 9.89. The van der Waals surface area contributed by atoms with E-state index in [4.69, 9.17) is 13.9 Å². The molecule has 27 heavy (non-hydrogen) atoms. The first kappa shape index (κ1) is 18.7. The number of hydrogen-bond acceptors (Lipinski definition) is 6. The third kappa shape index (κ3) is 3.81. The molecule has 0 aliphatic carbocycles. The number of nitrogens with zero attached hydrogens (tertiary/aromatic N) is 1. The molecular weight excluding hydrogens is 364 g/mol. The second-order valence-corrected chi connectivity index (χ2v) is 8.33. The topological polar surface area (TPSA) is 63.9 Å². The highest BCUT2D eigenvalue weighted by Crippen LogP contribution is 2.33. The first-order valence-corrected chi connectivity index (χ1v) is 10.6. The monoisotopic (exact) mass is 390 g/mol. The quantitative estimate of drug-likeness (QED) is 0.847. The summed E-state index contributed by atoms with van der Waals surface area (Å²) in [5, 5.41) is 4.01. The average Bonchev–Trinajstić information content (AvgIpc) is 3.18. The van der Waals surface area contributed by atoms with Crippen LogP contribution in [0.4, 0.5) is 0 Å². The fourth-order valence-corrected chi connectivity index (χ4v) is 5.29. The maximum absolute atomic E-state index is 12.8. The Labute approximate surface area is 163 Å². The van der Waals surface area contributed by atoms with E-state index in [-0.39, 0.29) is 11.4 Å². The van der Waals surface area contributed by atoms with E-state index in [0.717, 1.165) is 56.0 Å². The molecule has 2 aliphatic rings. The van der Waals surface area contributed by atoms with E-state index < -0.39 is 0 Å². The standard InChI is InChI=1S/C20H26N2O4S/c1-24-16-4-2-3-15-13-17(26-18(15)16)19(23)21-14-20(5-11-27-12-6-20)22-7-9-25-10-8-22/h2-4,13H,5-12,14H2,1H3,(H,21,23). The predicted molar refractivity (Wildman–Crippen MR) is 107 cm³/mol. The molecule has 1 amide bonds. The number of thioether (sulfide) groups is 1. The Hall–Kier alpha value is -1.70. The van der Waals surface area contributed by atoms with Crippen LogP contribution in [0.15, 0.2) is 28.7 Å². The summed E-state index contributed by atoms with van der Waals surface area (Å²) < 4.78 is 16.6. The van der Waals surface area contributed by atoms with Gasteiger partial charge in [0.2, 0.25) is 0 Å². The van der Waals surface area contributed by atoms with Gasteiger partial charge in [0.25, 0.3) is 5.91 Å². The summed E-state index contributed by atoms with van der Waals surface area (Å²) >= 11 is 2.00. The Morgan fingerprint density at radius 3 is 2.81 bits per heavy atom. The number of benzene rings is 1. The Morgan fingerprint density at radius 2 is 2.07 bits per heavy atom. The molecular formula is C20H26N2O4S. The number of morpholine rings is 1. The van der Waals surface area contributed by atoms with Crippen LogP contribution in [-0.4, -0.2) is 67.8 Å². The van der Waals surface area contributed by atoms with Gasteiger partial charge in [-0.15, -0.1) is 0 Å². The Morgan fingerprint density at radius 1 is 1.30 bits per heavy atom. The molecule has 0 atom stereocenters. The molecule has 0 radical (unpaired) electrons. The largest absolute Gasteiger partial charge is 0.493 e. The first-order chi connectivity index (χ1) is 13.2. The van der Waals surface area contributed by atoms with Gasteiger partial charge in [0.05, 0.1) is 20.3 Å². The van der Waals surface area contributed by atoms with Crippen molar-refractivity contribution >= 4 is 28.6 Å². The van der Waals surface area contributed by atoms with E-state index in [1.165, 1.54) is 0 Å². The van der Waals surface area contributed by atoms with Crippen molar-refractivity contribution in [3.8, 4) is 5.75 Å². The van der Waals surface area contributed by atoms with E-state index in [1.54, 1.807) is 13.2 Å². The molecule has 2 fully saturated rings. The van der Waals surface area contributed by atoms with Crippen molar-refractivity contribution in [3.63, 3.8) is 0 Å². The van der Waals surface area contributed by atoms with Crippen molar-refractivity contribution in [3.05, 3.63) is 30.0 Å². The highest BCUT2D eigenvalue weighted by Gasteiger charge is 2.39.